The van der Waals surface area contributed by atoms with Crippen LogP contribution in [-0.4, -0.2) is 24.2 Å². The van der Waals surface area contributed by atoms with Crippen LogP contribution >= 0.6 is 0 Å². The molecule has 0 aromatic heterocycles. The summed E-state index contributed by atoms with van der Waals surface area (Å²) in [6.07, 6.45) is 3.38. The zero-order valence-corrected chi connectivity index (χ0v) is 11.1. The average molecular weight is 264 g/mol. The number of hydrogen-bond acceptors (Lipinski definition) is 4. The van der Waals surface area contributed by atoms with Crippen molar-refractivity contribution in [3.05, 3.63) is 18.2 Å². The number of phenols is 1. The quantitative estimate of drug-likeness (QED) is 0.727. The van der Waals surface area contributed by atoms with Gasteiger partial charge in [0, 0.05) is 18.0 Å². The zero-order valence-electron chi connectivity index (χ0n) is 11.1. The Kier molecular flexibility index (Phi) is 4.27. The Morgan fingerprint density at radius 2 is 2.05 bits per heavy atom. The number of hydrogen-bond donors (Lipinski definition) is 3. The van der Waals surface area contributed by atoms with Crippen LogP contribution in [-0.2, 0) is 4.79 Å². The fourth-order valence-corrected chi connectivity index (χ4v) is 2.36. The summed E-state index contributed by atoms with van der Waals surface area (Å²) in [7, 11) is 1.53. The summed E-state index contributed by atoms with van der Waals surface area (Å²) < 4.78 is 5.00. The van der Waals surface area contributed by atoms with Gasteiger partial charge >= 0.3 is 0 Å². The number of nitrogens with two attached hydrogens (primary N) is 1. The summed E-state index contributed by atoms with van der Waals surface area (Å²) in [4.78, 5) is 12.1. The highest BCUT2D eigenvalue weighted by molar-refractivity contribution is 5.94. The van der Waals surface area contributed by atoms with Crippen LogP contribution in [0.15, 0.2) is 18.2 Å². The molecule has 1 aliphatic carbocycles. The Labute approximate surface area is 112 Å². The number of rotatable bonds is 3. The van der Waals surface area contributed by atoms with Crippen LogP contribution in [0, 0.1) is 5.92 Å². The van der Waals surface area contributed by atoms with E-state index in [-0.39, 0.29) is 23.6 Å². The van der Waals surface area contributed by atoms with Gasteiger partial charge in [-0.1, -0.05) is 0 Å². The normalized spacial score (nSPS) is 22.8. The highest BCUT2D eigenvalue weighted by atomic mass is 16.5. The minimum absolute atomic E-state index is 0.0127. The summed E-state index contributed by atoms with van der Waals surface area (Å²) in [5.74, 6) is 0.507. The monoisotopic (exact) mass is 264 g/mol. The number of carbonyl (C=O) groups excluding carboxylic acids is 1. The first kappa shape index (κ1) is 13.7. The predicted octanol–water partition coefficient (Wildman–Crippen LogP) is 1.86. The van der Waals surface area contributed by atoms with Crippen molar-refractivity contribution in [1.29, 1.82) is 0 Å². The summed E-state index contributed by atoms with van der Waals surface area (Å²) >= 11 is 0. The number of carbonyl (C=O) groups is 1. The van der Waals surface area contributed by atoms with Crippen molar-refractivity contribution < 1.29 is 14.6 Å². The highest BCUT2D eigenvalue weighted by Crippen LogP contribution is 2.30. The lowest BCUT2D eigenvalue weighted by Gasteiger charge is -2.25. The van der Waals surface area contributed by atoms with Crippen LogP contribution in [0.3, 0.4) is 0 Å². The zero-order chi connectivity index (χ0) is 13.8. The van der Waals surface area contributed by atoms with E-state index in [0.717, 1.165) is 25.7 Å². The summed E-state index contributed by atoms with van der Waals surface area (Å²) in [6.45, 7) is 0. The van der Waals surface area contributed by atoms with Gasteiger partial charge in [0.25, 0.3) is 0 Å². The molecule has 0 saturated heterocycles. The molecule has 1 aromatic rings. The van der Waals surface area contributed by atoms with Gasteiger partial charge < -0.3 is 20.9 Å². The van der Waals surface area contributed by atoms with E-state index < -0.39 is 0 Å². The van der Waals surface area contributed by atoms with Crippen LogP contribution < -0.4 is 15.8 Å². The number of benzene rings is 1. The Hall–Kier alpha value is -1.75. The van der Waals surface area contributed by atoms with Crippen LogP contribution in [0.4, 0.5) is 5.69 Å². The smallest absolute Gasteiger partial charge is 0.227 e. The number of phenolic OH excluding ortho intramolecular Hbond substituents is 1. The second-order valence-corrected chi connectivity index (χ2v) is 4.98. The third-order valence-electron chi connectivity index (χ3n) is 3.61. The van der Waals surface area contributed by atoms with Crippen molar-refractivity contribution in [2.45, 2.75) is 31.7 Å². The lowest BCUT2D eigenvalue weighted by molar-refractivity contribution is -0.120. The number of amides is 1. The van der Waals surface area contributed by atoms with E-state index in [1.54, 1.807) is 12.1 Å². The first-order valence-electron chi connectivity index (χ1n) is 6.53. The summed E-state index contributed by atoms with van der Waals surface area (Å²) in [5, 5.41) is 12.6. The molecule has 1 fully saturated rings. The number of aromatic hydroxyl groups is 1. The fourth-order valence-electron chi connectivity index (χ4n) is 2.36. The standard InChI is InChI=1S/C14H20N2O3/c1-19-11-6-7-12(13(17)8-11)16-14(18)9-2-4-10(15)5-3-9/h6-10,17H,2-5,15H2,1H3,(H,16,18). The van der Waals surface area contributed by atoms with Crippen molar-refractivity contribution >= 4 is 11.6 Å². The molecule has 0 unspecified atom stereocenters. The minimum atomic E-state index is -0.0487. The molecule has 4 N–H and O–H groups in total. The molecular weight excluding hydrogens is 244 g/mol. The average Bonchev–Trinajstić information content (AvgIpc) is 2.41. The summed E-state index contributed by atoms with van der Waals surface area (Å²) in [5.41, 5.74) is 6.24. The maximum Gasteiger partial charge on any atom is 0.227 e. The van der Waals surface area contributed by atoms with Gasteiger partial charge in [0.15, 0.2) is 0 Å². The molecule has 1 aromatic carbocycles. The molecule has 19 heavy (non-hydrogen) atoms. The summed E-state index contributed by atoms with van der Waals surface area (Å²) in [6, 6.07) is 5.04. The SMILES string of the molecule is COc1ccc(NC(=O)C2CCC(N)CC2)c(O)c1. The number of ether oxygens (including phenoxy) is 1. The molecule has 5 heteroatoms. The van der Waals surface area contributed by atoms with E-state index in [1.165, 1.54) is 13.2 Å². The van der Waals surface area contributed by atoms with E-state index in [2.05, 4.69) is 5.32 Å². The predicted molar refractivity (Wildman–Crippen MR) is 73.2 cm³/mol. The molecule has 1 aliphatic rings. The van der Waals surface area contributed by atoms with E-state index >= 15 is 0 Å². The maximum absolute atomic E-state index is 12.1. The fraction of sp³-hybridized carbons (Fsp3) is 0.500. The molecule has 0 radical (unpaired) electrons. The molecule has 0 heterocycles. The first-order chi connectivity index (χ1) is 9.10. The second-order valence-electron chi connectivity index (χ2n) is 4.98. The topological polar surface area (TPSA) is 84.6 Å². The Morgan fingerprint density at radius 1 is 1.37 bits per heavy atom. The Morgan fingerprint density at radius 3 is 2.63 bits per heavy atom. The van der Waals surface area contributed by atoms with E-state index in [0.29, 0.717) is 11.4 Å². The van der Waals surface area contributed by atoms with Crippen molar-refractivity contribution in [3.63, 3.8) is 0 Å². The van der Waals surface area contributed by atoms with E-state index in [4.69, 9.17) is 10.5 Å². The molecule has 0 bridgehead atoms. The van der Waals surface area contributed by atoms with Gasteiger partial charge in [-0.15, -0.1) is 0 Å². The van der Waals surface area contributed by atoms with Gasteiger partial charge in [0.05, 0.1) is 12.8 Å². The largest absolute Gasteiger partial charge is 0.506 e. The molecule has 1 saturated carbocycles. The number of anilines is 1. The van der Waals surface area contributed by atoms with Crippen LogP contribution in [0.5, 0.6) is 11.5 Å². The van der Waals surface area contributed by atoms with Gasteiger partial charge in [-0.2, -0.15) is 0 Å². The van der Waals surface area contributed by atoms with Crippen molar-refractivity contribution in [2.24, 2.45) is 11.7 Å². The van der Waals surface area contributed by atoms with Crippen molar-refractivity contribution in [2.75, 3.05) is 12.4 Å². The Bertz CT molecular complexity index is 454. The van der Waals surface area contributed by atoms with Crippen molar-refractivity contribution in [1.82, 2.24) is 0 Å². The van der Waals surface area contributed by atoms with Crippen LogP contribution in [0.25, 0.3) is 0 Å². The van der Waals surface area contributed by atoms with E-state index in [1.807, 2.05) is 0 Å². The van der Waals surface area contributed by atoms with Crippen LogP contribution in [0.2, 0.25) is 0 Å². The second kappa shape index (κ2) is 5.93. The van der Waals surface area contributed by atoms with Gasteiger partial charge in [-0.05, 0) is 37.8 Å². The molecule has 0 aliphatic heterocycles. The Balaban J connectivity index is 1.99. The van der Waals surface area contributed by atoms with Gasteiger partial charge in [0.1, 0.15) is 11.5 Å². The van der Waals surface area contributed by atoms with Gasteiger partial charge in [-0.25, -0.2) is 0 Å². The lowest BCUT2D eigenvalue weighted by Crippen LogP contribution is -2.32. The first-order valence-corrected chi connectivity index (χ1v) is 6.53. The van der Waals surface area contributed by atoms with Crippen LogP contribution in [0.1, 0.15) is 25.7 Å². The number of methoxy groups -OCH3 is 1. The van der Waals surface area contributed by atoms with Gasteiger partial charge in [0.2, 0.25) is 5.91 Å². The van der Waals surface area contributed by atoms with Crippen molar-refractivity contribution in [3.8, 4) is 11.5 Å². The number of nitrogens with one attached hydrogen (secondary N) is 1. The maximum atomic E-state index is 12.1. The molecule has 104 valence electrons. The molecule has 1 amide bonds. The molecule has 2 rings (SSSR count). The molecule has 0 spiro atoms. The third-order valence-corrected chi connectivity index (χ3v) is 3.61. The molecular formula is C14H20N2O3. The van der Waals surface area contributed by atoms with Gasteiger partial charge in [-0.3, -0.25) is 4.79 Å². The van der Waals surface area contributed by atoms with E-state index in [9.17, 15) is 9.90 Å². The molecule has 5 nitrogen and oxygen atoms in total. The third kappa shape index (κ3) is 3.38. The minimum Gasteiger partial charge on any atom is -0.506 e. The lowest BCUT2D eigenvalue weighted by atomic mass is 9.86. The molecule has 0 atom stereocenters. The highest BCUT2D eigenvalue weighted by Gasteiger charge is 2.25.